The van der Waals surface area contributed by atoms with Gasteiger partial charge in [-0.3, -0.25) is 4.98 Å². The summed E-state index contributed by atoms with van der Waals surface area (Å²) < 4.78 is 5.29. The summed E-state index contributed by atoms with van der Waals surface area (Å²) in [5.41, 5.74) is 2.54. The number of hydrogen-bond donors (Lipinski definition) is 0. The highest BCUT2D eigenvalue weighted by molar-refractivity contribution is 5.33. The first kappa shape index (κ1) is 15.1. The van der Waals surface area contributed by atoms with Crippen LogP contribution in [0.2, 0.25) is 0 Å². The third kappa shape index (κ3) is 3.68. The van der Waals surface area contributed by atoms with E-state index in [9.17, 15) is 0 Å². The van der Waals surface area contributed by atoms with Crippen molar-refractivity contribution in [3.63, 3.8) is 0 Å². The van der Waals surface area contributed by atoms with Crippen LogP contribution in [0.25, 0.3) is 0 Å². The molecule has 1 fully saturated rings. The van der Waals surface area contributed by atoms with Crippen LogP contribution in [0.5, 0.6) is 5.75 Å². The normalized spacial score (nSPS) is 17.1. The van der Waals surface area contributed by atoms with Crippen LogP contribution in [0.15, 0.2) is 48.7 Å². The molecular weight excluding hydrogens is 270 g/mol. The van der Waals surface area contributed by atoms with Gasteiger partial charge in [0.25, 0.3) is 0 Å². The molecule has 0 spiro atoms. The van der Waals surface area contributed by atoms with E-state index in [1.165, 1.54) is 49.8 Å². The van der Waals surface area contributed by atoms with Gasteiger partial charge in [-0.25, -0.2) is 0 Å². The standard InChI is InChI=1S/C20H25NO/c1-22-18-12-10-17(11-13-18)19(20-9-5-6-14-21-20)15-16-7-3-2-4-8-16/h5-6,9-14,16,19H,2-4,7-8,15H2,1H3. The molecule has 1 saturated carbocycles. The topological polar surface area (TPSA) is 22.1 Å². The van der Waals surface area contributed by atoms with Gasteiger partial charge in [0.15, 0.2) is 0 Å². The molecule has 22 heavy (non-hydrogen) atoms. The summed E-state index contributed by atoms with van der Waals surface area (Å²) in [6.07, 6.45) is 10.1. The fourth-order valence-electron chi connectivity index (χ4n) is 3.60. The minimum Gasteiger partial charge on any atom is -0.497 e. The average molecular weight is 295 g/mol. The number of benzene rings is 1. The minimum atomic E-state index is 0.398. The molecule has 1 heterocycles. The Morgan fingerprint density at radius 3 is 2.45 bits per heavy atom. The fraction of sp³-hybridized carbons (Fsp3) is 0.450. The van der Waals surface area contributed by atoms with Gasteiger partial charge in [0.2, 0.25) is 0 Å². The summed E-state index contributed by atoms with van der Waals surface area (Å²) in [6.45, 7) is 0. The van der Waals surface area contributed by atoms with E-state index in [1.54, 1.807) is 7.11 Å². The number of ether oxygens (including phenoxy) is 1. The maximum absolute atomic E-state index is 5.29. The zero-order valence-electron chi connectivity index (χ0n) is 13.4. The van der Waals surface area contributed by atoms with Crippen molar-refractivity contribution in [2.75, 3.05) is 7.11 Å². The fourth-order valence-corrected chi connectivity index (χ4v) is 3.60. The Hall–Kier alpha value is -1.83. The molecule has 0 bridgehead atoms. The van der Waals surface area contributed by atoms with Gasteiger partial charge >= 0.3 is 0 Å². The first-order chi connectivity index (χ1) is 10.9. The summed E-state index contributed by atoms with van der Waals surface area (Å²) >= 11 is 0. The highest BCUT2D eigenvalue weighted by Gasteiger charge is 2.22. The largest absolute Gasteiger partial charge is 0.497 e. The highest BCUT2D eigenvalue weighted by Crippen LogP contribution is 2.36. The lowest BCUT2D eigenvalue weighted by molar-refractivity contribution is 0.326. The van der Waals surface area contributed by atoms with Gasteiger partial charge in [0, 0.05) is 17.8 Å². The third-order valence-electron chi connectivity index (χ3n) is 4.86. The van der Waals surface area contributed by atoms with Crippen LogP contribution < -0.4 is 4.74 Å². The Morgan fingerprint density at radius 1 is 1.05 bits per heavy atom. The molecule has 1 aliphatic rings. The van der Waals surface area contributed by atoms with Crippen LogP contribution in [-0.2, 0) is 0 Å². The predicted octanol–water partition coefficient (Wildman–Crippen LogP) is 5.19. The van der Waals surface area contributed by atoms with Gasteiger partial charge in [-0.1, -0.05) is 50.3 Å². The summed E-state index contributed by atoms with van der Waals surface area (Å²) in [6, 6.07) is 14.8. The van der Waals surface area contributed by atoms with E-state index in [0.717, 1.165) is 11.7 Å². The summed E-state index contributed by atoms with van der Waals surface area (Å²) in [7, 11) is 1.72. The van der Waals surface area contributed by atoms with Crippen LogP contribution in [0.1, 0.15) is 55.7 Å². The number of methoxy groups -OCH3 is 1. The first-order valence-electron chi connectivity index (χ1n) is 8.41. The SMILES string of the molecule is COc1ccc(C(CC2CCCCC2)c2ccccn2)cc1. The van der Waals surface area contributed by atoms with E-state index in [0.29, 0.717) is 5.92 Å². The number of hydrogen-bond acceptors (Lipinski definition) is 2. The van der Waals surface area contributed by atoms with E-state index in [4.69, 9.17) is 4.74 Å². The van der Waals surface area contributed by atoms with E-state index >= 15 is 0 Å². The molecule has 2 aromatic rings. The van der Waals surface area contributed by atoms with Crippen molar-refractivity contribution in [2.24, 2.45) is 5.92 Å². The molecule has 1 atom stereocenters. The van der Waals surface area contributed by atoms with Crippen LogP contribution in [0.3, 0.4) is 0 Å². The van der Waals surface area contributed by atoms with Crippen LogP contribution in [-0.4, -0.2) is 12.1 Å². The highest BCUT2D eigenvalue weighted by atomic mass is 16.5. The zero-order chi connectivity index (χ0) is 15.2. The Morgan fingerprint density at radius 2 is 1.82 bits per heavy atom. The first-order valence-corrected chi connectivity index (χ1v) is 8.41. The maximum Gasteiger partial charge on any atom is 0.118 e. The van der Waals surface area contributed by atoms with Crippen molar-refractivity contribution in [1.82, 2.24) is 4.98 Å². The van der Waals surface area contributed by atoms with E-state index in [2.05, 4.69) is 41.4 Å². The maximum atomic E-state index is 5.29. The van der Waals surface area contributed by atoms with Crippen molar-refractivity contribution in [3.8, 4) is 5.75 Å². The van der Waals surface area contributed by atoms with Gasteiger partial charge in [-0.15, -0.1) is 0 Å². The zero-order valence-corrected chi connectivity index (χ0v) is 13.4. The number of aromatic nitrogens is 1. The summed E-state index contributed by atoms with van der Waals surface area (Å²) in [4.78, 5) is 4.63. The molecule has 0 radical (unpaired) electrons. The van der Waals surface area contributed by atoms with E-state index in [-0.39, 0.29) is 0 Å². The van der Waals surface area contributed by atoms with Crippen molar-refractivity contribution < 1.29 is 4.74 Å². The monoisotopic (exact) mass is 295 g/mol. The summed E-state index contributed by atoms with van der Waals surface area (Å²) in [5, 5.41) is 0. The molecule has 1 aromatic carbocycles. The average Bonchev–Trinajstić information content (AvgIpc) is 2.61. The number of rotatable bonds is 5. The second-order valence-corrected chi connectivity index (χ2v) is 6.32. The molecule has 0 aliphatic heterocycles. The Bertz CT molecular complexity index is 558. The molecule has 1 aromatic heterocycles. The van der Waals surface area contributed by atoms with Crippen molar-refractivity contribution in [2.45, 2.75) is 44.4 Å². The lowest BCUT2D eigenvalue weighted by atomic mass is 9.79. The molecule has 0 amide bonds. The summed E-state index contributed by atoms with van der Waals surface area (Å²) in [5.74, 6) is 2.15. The third-order valence-corrected chi connectivity index (χ3v) is 4.86. The van der Waals surface area contributed by atoms with Crippen LogP contribution in [0, 0.1) is 5.92 Å². The van der Waals surface area contributed by atoms with Crippen molar-refractivity contribution in [1.29, 1.82) is 0 Å². The Balaban J connectivity index is 1.84. The molecular formula is C20H25NO. The lowest BCUT2D eigenvalue weighted by Crippen LogP contribution is -2.13. The molecule has 3 rings (SSSR count). The second-order valence-electron chi connectivity index (χ2n) is 6.32. The smallest absolute Gasteiger partial charge is 0.118 e. The van der Waals surface area contributed by atoms with Crippen LogP contribution in [0.4, 0.5) is 0 Å². The molecule has 0 N–H and O–H groups in total. The molecule has 2 nitrogen and oxygen atoms in total. The van der Waals surface area contributed by atoms with Gasteiger partial charge in [-0.05, 0) is 42.2 Å². The van der Waals surface area contributed by atoms with E-state index in [1.807, 2.05) is 12.3 Å². The van der Waals surface area contributed by atoms with Gasteiger partial charge in [0.05, 0.1) is 7.11 Å². The van der Waals surface area contributed by atoms with Crippen molar-refractivity contribution in [3.05, 3.63) is 59.9 Å². The number of pyridine rings is 1. The number of nitrogens with zero attached hydrogens (tertiary/aromatic N) is 1. The Labute approximate surface area is 133 Å². The molecule has 2 heteroatoms. The van der Waals surface area contributed by atoms with Gasteiger partial charge in [-0.2, -0.15) is 0 Å². The van der Waals surface area contributed by atoms with Crippen LogP contribution >= 0.6 is 0 Å². The lowest BCUT2D eigenvalue weighted by Gasteiger charge is -2.26. The molecule has 1 unspecified atom stereocenters. The quantitative estimate of drug-likeness (QED) is 0.757. The molecule has 1 aliphatic carbocycles. The van der Waals surface area contributed by atoms with Crippen molar-refractivity contribution >= 4 is 0 Å². The van der Waals surface area contributed by atoms with E-state index < -0.39 is 0 Å². The molecule has 116 valence electrons. The van der Waals surface area contributed by atoms with Gasteiger partial charge in [0.1, 0.15) is 5.75 Å². The minimum absolute atomic E-state index is 0.398. The predicted molar refractivity (Wildman–Crippen MR) is 90.3 cm³/mol. The second kappa shape index (κ2) is 7.44. The van der Waals surface area contributed by atoms with Gasteiger partial charge < -0.3 is 4.74 Å². The molecule has 0 saturated heterocycles. The Kier molecular flexibility index (Phi) is 5.10.